The monoisotopic (exact) mass is 376 g/mol. The Kier molecular flexibility index (Phi) is 6.73. The summed E-state index contributed by atoms with van der Waals surface area (Å²) in [5.74, 6) is -0.799. The fourth-order valence-corrected chi connectivity index (χ4v) is 2.79. The van der Waals surface area contributed by atoms with E-state index in [0.29, 0.717) is 0 Å². The van der Waals surface area contributed by atoms with Crippen molar-refractivity contribution in [1.29, 1.82) is 0 Å². The number of aliphatic hydroxyl groups is 1. The van der Waals surface area contributed by atoms with Gasteiger partial charge in [0.15, 0.2) is 5.60 Å². The van der Waals surface area contributed by atoms with Gasteiger partial charge in [0.25, 0.3) is 11.8 Å². The van der Waals surface area contributed by atoms with E-state index in [1.54, 1.807) is 19.3 Å². The largest absolute Gasteiger partial charge is 0.497 e. The van der Waals surface area contributed by atoms with Crippen molar-refractivity contribution < 1.29 is 29.4 Å². The van der Waals surface area contributed by atoms with E-state index in [-0.39, 0.29) is 6.42 Å². The molecule has 0 fully saturated rings. The topological polar surface area (TPSA) is 117 Å². The number of carbonyl (C=O) groups excluding carboxylic acids is 2. The van der Waals surface area contributed by atoms with Crippen LogP contribution >= 0.6 is 0 Å². The van der Waals surface area contributed by atoms with Crippen LogP contribution in [0.15, 0.2) is 42.5 Å². The molecular formula is C19H24N2O6. The van der Waals surface area contributed by atoms with Crippen molar-refractivity contribution in [3.8, 4) is 5.75 Å². The highest BCUT2D eigenvalue weighted by molar-refractivity contribution is 5.94. The third-order valence-corrected chi connectivity index (χ3v) is 4.47. The summed E-state index contributed by atoms with van der Waals surface area (Å²) in [6.45, 7) is 1.33. The average Bonchev–Trinajstić information content (AvgIpc) is 2.71. The molecule has 3 atom stereocenters. The van der Waals surface area contributed by atoms with Crippen molar-refractivity contribution in [1.82, 2.24) is 10.8 Å². The van der Waals surface area contributed by atoms with Crippen LogP contribution in [0.1, 0.15) is 18.9 Å². The van der Waals surface area contributed by atoms with Crippen LogP contribution in [-0.4, -0.2) is 54.1 Å². The third kappa shape index (κ3) is 4.54. The first-order valence-electron chi connectivity index (χ1n) is 8.39. The molecule has 2 rings (SSSR count). The SMILES string of the molecule is COc1cccc(C2=CCC(OC)(C(=O)N[C@H](C(=O)NO)[C@@H](C)O)C=C2)c1. The number of rotatable bonds is 7. The lowest BCUT2D eigenvalue weighted by atomic mass is 9.88. The molecule has 146 valence electrons. The zero-order valence-corrected chi connectivity index (χ0v) is 15.4. The highest BCUT2D eigenvalue weighted by Gasteiger charge is 2.39. The summed E-state index contributed by atoms with van der Waals surface area (Å²) in [6.07, 6.45) is 4.23. The van der Waals surface area contributed by atoms with Gasteiger partial charge in [-0.05, 0) is 36.3 Å². The van der Waals surface area contributed by atoms with Crippen LogP contribution in [0.25, 0.3) is 5.57 Å². The molecule has 0 spiro atoms. The molecule has 0 aromatic heterocycles. The Hall–Kier alpha value is -2.68. The van der Waals surface area contributed by atoms with E-state index < -0.39 is 29.6 Å². The Bertz CT molecular complexity index is 758. The standard InChI is InChI=1S/C19H24N2O6/c1-12(22)16(17(23)21-25)20-18(24)19(27-3)9-7-13(8-10-19)14-5-4-6-15(11-14)26-2/h4-9,11-12,16,22,25H,10H2,1-3H3,(H,20,24)(H,21,23)/t12-,16+,19?/m1/s1. The Balaban J connectivity index is 2.19. The van der Waals surface area contributed by atoms with Gasteiger partial charge in [-0.1, -0.05) is 24.3 Å². The van der Waals surface area contributed by atoms with E-state index >= 15 is 0 Å². The van der Waals surface area contributed by atoms with Crippen molar-refractivity contribution in [3.63, 3.8) is 0 Å². The number of carbonyl (C=O) groups is 2. The van der Waals surface area contributed by atoms with E-state index in [4.69, 9.17) is 14.7 Å². The summed E-state index contributed by atoms with van der Waals surface area (Å²) in [5.41, 5.74) is 1.93. The minimum atomic E-state index is -1.33. The Labute approximate surface area is 157 Å². The van der Waals surface area contributed by atoms with Crippen molar-refractivity contribution >= 4 is 17.4 Å². The number of hydrogen-bond donors (Lipinski definition) is 4. The van der Waals surface area contributed by atoms with Gasteiger partial charge in [-0.2, -0.15) is 0 Å². The summed E-state index contributed by atoms with van der Waals surface area (Å²) in [4.78, 5) is 24.4. The maximum absolute atomic E-state index is 12.7. The van der Waals surface area contributed by atoms with Gasteiger partial charge in [-0.25, -0.2) is 5.48 Å². The van der Waals surface area contributed by atoms with Crippen molar-refractivity contribution in [2.75, 3.05) is 14.2 Å². The van der Waals surface area contributed by atoms with E-state index in [1.165, 1.54) is 19.5 Å². The molecule has 1 aliphatic rings. The van der Waals surface area contributed by atoms with E-state index in [0.717, 1.165) is 16.9 Å². The quantitative estimate of drug-likeness (QED) is 0.413. The van der Waals surface area contributed by atoms with Crippen LogP contribution in [-0.2, 0) is 14.3 Å². The summed E-state index contributed by atoms with van der Waals surface area (Å²) >= 11 is 0. The fraction of sp³-hybridized carbons (Fsp3) is 0.368. The molecular weight excluding hydrogens is 352 g/mol. The van der Waals surface area contributed by atoms with Gasteiger partial charge in [0.2, 0.25) is 0 Å². The summed E-state index contributed by atoms with van der Waals surface area (Å²) < 4.78 is 10.6. The van der Waals surface area contributed by atoms with Crippen molar-refractivity contribution in [3.05, 3.63) is 48.1 Å². The molecule has 0 saturated heterocycles. The Morgan fingerprint density at radius 3 is 2.56 bits per heavy atom. The minimum Gasteiger partial charge on any atom is -0.497 e. The Morgan fingerprint density at radius 1 is 1.30 bits per heavy atom. The van der Waals surface area contributed by atoms with Gasteiger partial charge in [0.05, 0.1) is 13.2 Å². The maximum Gasteiger partial charge on any atom is 0.268 e. The van der Waals surface area contributed by atoms with Gasteiger partial charge in [0.1, 0.15) is 11.8 Å². The number of benzene rings is 1. The lowest BCUT2D eigenvalue weighted by Gasteiger charge is -2.32. The highest BCUT2D eigenvalue weighted by Crippen LogP contribution is 2.30. The van der Waals surface area contributed by atoms with E-state index in [1.807, 2.05) is 30.3 Å². The van der Waals surface area contributed by atoms with Gasteiger partial charge in [-0.15, -0.1) is 0 Å². The zero-order valence-electron chi connectivity index (χ0n) is 15.4. The molecule has 1 aliphatic carbocycles. The Morgan fingerprint density at radius 2 is 2.04 bits per heavy atom. The number of ether oxygens (including phenoxy) is 2. The van der Waals surface area contributed by atoms with Crippen molar-refractivity contribution in [2.24, 2.45) is 0 Å². The van der Waals surface area contributed by atoms with Crippen LogP contribution in [0.2, 0.25) is 0 Å². The lowest BCUT2D eigenvalue weighted by molar-refractivity contribution is -0.145. The molecule has 0 bridgehead atoms. The van der Waals surface area contributed by atoms with Crippen molar-refractivity contribution in [2.45, 2.75) is 31.1 Å². The van der Waals surface area contributed by atoms with Crippen LogP contribution in [0.5, 0.6) is 5.75 Å². The lowest BCUT2D eigenvalue weighted by Crippen LogP contribution is -2.57. The highest BCUT2D eigenvalue weighted by atomic mass is 16.5. The number of hydroxylamine groups is 1. The molecule has 0 aliphatic heterocycles. The average molecular weight is 376 g/mol. The van der Waals surface area contributed by atoms with Gasteiger partial charge >= 0.3 is 0 Å². The van der Waals surface area contributed by atoms with Gasteiger partial charge < -0.3 is 19.9 Å². The molecule has 1 aromatic carbocycles. The number of allylic oxidation sites excluding steroid dienone is 2. The third-order valence-electron chi connectivity index (χ3n) is 4.47. The molecule has 4 N–H and O–H groups in total. The normalized spacial score (nSPS) is 21.0. The molecule has 0 heterocycles. The number of amides is 2. The number of methoxy groups -OCH3 is 2. The first-order chi connectivity index (χ1) is 12.9. The number of hydrogen-bond acceptors (Lipinski definition) is 6. The van der Waals surface area contributed by atoms with E-state index in [9.17, 15) is 14.7 Å². The minimum absolute atomic E-state index is 0.228. The molecule has 1 aromatic rings. The second-order valence-corrected chi connectivity index (χ2v) is 6.19. The zero-order chi connectivity index (χ0) is 20.0. The van der Waals surface area contributed by atoms with Crippen LogP contribution < -0.4 is 15.5 Å². The number of aliphatic hydroxyl groups excluding tert-OH is 1. The molecule has 27 heavy (non-hydrogen) atoms. The molecule has 1 unspecified atom stereocenters. The summed E-state index contributed by atoms with van der Waals surface area (Å²) in [5, 5.41) is 20.9. The molecule has 2 amide bonds. The second-order valence-electron chi connectivity index (χ2n) is 6.19. The summed E-state index contributed by atoms with van der Waals surface area (Å²) in [6, 6.07) is 6.20. The summed E-state index contributed by atoms with van der Waals surface area (Å²) in [7, 11) is 2.98. The van der Waals surface area contributed by atoms with Crippen LogP contribution in [0.4, 0.5) is 0 Å². The molecule has 8 nitrogen and oxygen atoms in total. The predicted octanol–water partition coefficient (Wildman–Crippen LogP) is 0.795. The maximum atomic E-state index is 12.7. The van der Waals surface area contributed by atoms with Gasteiger partial charge in [-0.3, -0.25) is 14.8 Å². The first-order valence-corrected chi connectivity index (χ1v) is 8.39. The predicted molar refractivity (Wildman–Crippen MR) is 98.0 cm³/mol. The van der Waals surface area contributed by atoms with Gasteiger partial charge in [0, 0.05) is 13.5 Å². The smallest absolute Gasteiger partial charge is 0.268 e. The molecule has 0 saturated carbocycles. The molecule has 0 radical (unpaired) electrons. The second kappa shape index (κ2) is 8.81. The number of nitrogens with one attached hydrogen (secondary N) is 2. The first kappa shape index (κ1) is 20.6. The van der Waals surface area contributed by atoms with Crippen LogP contribution in [0.3, 0.4) is 0 Å². The van der Waals surface area contributed by atoms with E-state index in [2.05, 4.69) is 5.32 Å². The fourth-order valence-electron chi connectivity index (χ4n) is 2.79. The molecule has 8 heteroatoms. The van der Waals surface area contributed by atoms with Crippen LogP contribution in [0, 0.1) is 0 Å².